The lowest BCUT2D eigenvalue weighted by atomic mass is 10.00. The van der Waals surface area contributed by atoms with E-state index in [0.717, 1.165) is 30.4 Å². The maximum Gasteiger partial charge on any atom is 0.332 e. The van der Waals surface area contributed by atoms with Gasteiger partial charge in [0, 0.05) is 25.7 Å². The zero-order chi connectivity index (χ0) is 21.4. The fraction of sp³-hybridized carbons (Fsp3) is 0.500. The highest BCUT2D eigenvalue weighted by atomic mass is 19.1. The van der Waals surface area contributed by atoms with Crippen molar-refractivity contribution >= 4 is 11.2 Å². The molecule has 3 aromatic rings. The highest BCUT2D eigenvalue weighted by Gasteiger charge is 2.25. The molecule has 1 aliphatic rings. The third-order valence-electron chi connectivity index (χ3n) is 6.28. The van der Waals surface area contributed by atoms with E-state index in [4.69, 9.17) is 4.98 Å². The van der Waals surface area contributed by atoms with Crippen molar-refractivity contribution < 1.29 is 4.39 Å². The quantitative estimate of drug-likeness (QED) is 0.644. The topological polar surface area (TPSA) is 65.1 Å². The average molecular weight is 413 g/mol. The number of aromatic nitrogens is 4. The van der Waals surface area contributed by atoms with Gasteiger partial charge in [0.05, 0.1) is 13.1 Å². The van der Waals surface area contributed by atoms with Crippen LogP contribution >= 0.6 is 0 Å². The summed E-state index contributed by atoms with van der Waals surface area (Å²) >= 11 is 0. The van der Waals surface area contributed by atoms with Gasteiger partial charge < -0.3 is 4.57 Å². The van der Waals surface area contributed by atoms with E-state index >= 15 is 0 Å². The minimum atomic E-state index is -0.418. The molecule has 160 valence electrons. The Kier molecular flexibility index (Phi) is 5.60. The van der Waals surface area contributed by atoms with Crippen LogP contribution in [-0.2, 0) is 27.2 Å². The molecule has 0 amide bonds. The van der Waals surface area contributed by atoms with E-state index in [0.29, 0.717) is 35.1 Å². The van der Waals surface area contributed by atoms with Crippen LogP contribution < -0.4 is 11.2 Å². The van der Waals surface area contributed by atoms with E-state index in [-0.39, 0.29) is 12.4 Å². The Hall–Kier alpha value is -2.74. The number of rotatable bonds is 5. The van der Waals surface area contributed by atoms with Crippen LogP contribution in [0.5, 0.6) is 0 Å². The number of imidazole rings is 1. The number of fused-ring (bicyclic) bond motifs is 1. The lowest BCUT2D eigenvalue weighted by Gasteiger charge is -2.34. The first kappa shape index (κ1) is 20.5. The predicted octanol–water partition coefficient (Wildman–Crippen LogP) is 2.39. The van der Waals surface area contributed by atoms with Gasteiger partial charge in [-0.25, -0.2) is 14.2 Å². The van der Waals surface area contributed by atoms with Gasteiger partial charge >= 0.3 is 5.69 Å². The monoisotopic (exact) mass is 413 g/mol. The Morgan fingerprint density at radius 1 is 1.10 bits per heavy atom. The zero-order valence-corrected chi connectivity index (χ0v) is 17.8. The molecular weight excluding hydrogens is 385 g/mol. The second kappa shape index (κ2) is 8.18. The minimum Gasteiger partial charge on any atom is -0.316 e. The second-order valence-corrected chi connectivity index (χ2v) is 8.11. The van der Waals surface area contributed by atoms with Crippen molar-refractivity contribution in [1.29, 1.82) is 0 Å². The molecule has 8 heteroatoms. The van der Waals surface area contributed by atoms with Gasteiger partial charge in [-0.05, 0) is 31.9 Å². The molecule has 0 bridgehead atoms. The molecule has 2 aromatic heterocycles. The molecular formula is C22H28FN5O2. The number of piperidine rings is 1. The molecule has 7 nitrogen and oxygen atoms in total. The molecule has 0 saturated carbocycles. The first-order chi connectivity index (χ1) is 14.4. The van der Waals surface area contributed by atoms with Crippen LogP contribution in [0.15, 0.2) is 33.9 Å². The second-order valence-electron chi connectivity index (χ2n) is 8.11. The Labute approximate surface area is 174 Å². The number of aryl methyl sites for hydroxylation is 1. The van der Waals surface area contributed by atoms with Gasteiger partial charge in [0.15, 0.2) is 11.2 Å². The van der Waals surface area contributed by atoms with E-state index in [2.05, 4.69) is 11.8 Å². The average Bonchev–Trinajstić information content (AvgIpc) is 3.10. The number of halogens is 1. The Morgan fingerprint density at radius 2 is 1.87 bits per heavy atom. The van der Waals surface area contributed by atoms with E-state index in [1.54, 1.807) is 29.8 Å². The molecule has 4 rings (SSSR count). The van der Waals surface area contributed by atoms with Crippen molar-refractivity contribution in [2.75, 3.05) is 6.54 Å². The summed E-state index contributed by atoms with van der Waals surface area (Å²) < 4.78 is 18.7. The standard InChI is InChI=1S/C22H28FN5O2/c1-4-16-10-7-8-12-27(16)14-18-24-20-19(21(29)26(3)22(30)25(20)2)28(18)13-15-9-5-6-11-17(15)23/h5-6,9,11,16H,4,7-8,10,12-14H2,1-3H3. The number of hydrogen-bond donors (Lipinski definition) is 0. The van der Waals surface area contributed by atoms with Crippen LogP contribution in [0.3, 0.4) is 0 Å². The summed E-state index contributed by atoms with van der Waals surface area (Å²) in [6, 6.07) is 7.02. The van der Waals surface area contributed by atoms with Gasteiger partial charge in [-0.15, -0.1) is 0 Å². The van der Waals surface area contributed by atoms with Crippen LogP contribution in [-0.4, -0.2) is 36.2 Å². The van der Waals surface area contributed by atoms with Crippen molar-refractivity contribution in [3.8, 4) is 0 Å². The maximum absolute atomic E-state index is 14.4. The predicted molar refractivity (Wildman–Crippen MR) is 114 cm³/mol. The molecule has 0 spiro atoms. The molecule has 0 aliphatic carbocycles. The summed E-state index contributed by atoms with van der Waals surface area (Å²) in [5, 5.41) is 0. The Balaban J connectivity index is 1.89. The highest BCUT2D eigenvalue weighted by molar-refractivity contribution is 5.71. The Morgan fingerprint density at radius 3 is 2.60 bits per heavy atom. The van der Waals surface area contributed by atoms with Crippen molar-refractivity contribution in [3.63, 3.8) is 0 Å². The minimum absolute atomic E-state index is 0.191. The summed E-state index contributed by atoms with van der Waals surface area (Å²) in [6.07, 6.45) is 4.54. The van der Waals surface area contributed by atoms with E-state index in [9.17, 15) is 14.0 Å². The summed E-state index contributed by atoms with van der Waals surface area (Å²) in [5.41, 5.74) is 0.343. The van der Waals surface area contributed by atoms with E-state index in [1.807, 2.05) is 0 Å². The molecule has 1 unspecified atom stereocenters. The van der Waals surface area contributed by atoms with Crippen LogP contribution in [0.25, 0.3) is 11.2 Å². The van der Waals surface area contributed by atoms with Crippen molar-refractivity contribution in [2.45, 2.75) is 51.7 Å². The number of benzene rings is 1. The summed E-state index contributed by atoms with van der Waals surface area (Å²) in [7, 11) is 3.08. The molecule has 0 N–H and O–H groups in total. The molecule has 30 heavy (non-hydrogen) atoms. The van der Waals surface area contributed by atoms with E-state index in [1.165, 1.54) is 24.1 Å². The van der Waals surface area contributed by atoms with Crippen LogP contribution in [0.2, 0.25) is 0 Å². The van der Waals surface area contributed by atoms with Crippen LogP contribution in [0.4, 0.5) is 4.39 Å². The molecule has 1 aromatic carbocycles. The van der Waals surface area contributed by atoms with Crippen LogP contribution in [0, 0.1) is 5.82 Å². The molecule has 3 heterocycles. The zero-order valence-electron chi connectivity index (χ0n) is 17.8. The highest BCUT2D eigenvalue weighted by Crippen LogP contribution is 2.23. The van der Waals surface area contributed by atoms with Crippen molar-refractivity contribution in [3.05, 3.63) is 62.3 Å². The van der Waals surface area contributed by atoms with Gasteiger partial charge in [0.2, 0.25) is 0 Å². The molecule has 0 radical (unpaired) electrons. The lowest BCUT2D eigenvalue weighted by molar-refractivity contribution is 0.131. The molecule has 1 atom stereocenters. The third kappa shape index (κ3) is 3.49. The first-order valence-corrected chi connectivity index (χ1v) is 10.5. The van der Waals surface area contributed by atoms with Crippen molar-refractivity contribution in [1.82, 2.24) is 23.6 Å². The first-order valence-electron chi connectivity index (χ1n) is 10.5. The summed E-state index contributed by atoms with van der Waals surface area (Å²) in [6.45, 7) is 3.92. The van der Waals surface area contributed by atoms with Gasteiger partial charge in [0.25, 0.3) is 5.56 Å². The summed E-state index contributed by atoms with van der Waals surface area (Å²) in [5.74, 6) is 0.364. The van der Waals surface area contributed by atoms with Crippen molar-refractivity contribution in [2.24, 2.45) is 14.1 Å². The van der Waals surface area contributed by atoms with Gasteiger partial charge in [-0.1, -0.05) is 31.5 Å². The van der Waals surface area contributed by atoms with Gasteiger partial charge in [-0.3, -0.25) is 18.8 Å². The fourth-order valence-electron chi connectivity index (χ4n) is 4.49. The lowest BCUT2D eigenvalue weighted by Crippen LogP contribution is -2.39. The maximum atomic E-state index is 14.4. The number of likely N-dealkylation sites (tertiary alicyclic amines) is 1. The third-order valence-corrected chi connectivity index (χ3v) is 6.28. The largest absolute Gasteiger partial charge is 0.332 e. The fourth-order valence-corrected chi connectivity index (χ4v) is 4.49. The summed E-state index contributed by atoms with van der Waals surface area (Å²) in [4.78, 5) is 32.5. The smallest absolute Gasteiger partial charge is 0.316 e. The van der Waals surface area contributed by atoms with Gasteiger partial charge in [-0.2, -0.15) is 0 Å². The molecule has 1 saturated heterocycles. The SMILES string of the molecule is CCC1CCCCN1Cc1nc2c(c(=O)n(C)c(=O)n2C)n1Cc1ccccc1F. The van der Waals surface area contributed by atoms with Crippen LogP contribution in [0.1, 0.15) is 44.0 Å². The molecule has 1 fully saturated rings. The normalized spacial score (nSPS) is 17.7. The Bertz CT molecular complexity index is 1190. The molecule has 1 aliphatic heterocycles. The van der Waals surface area contributed by atoms with E-state index < -0.39 is 11.2 Å². The van der Waals surface area contributed by atoms with Gasteiger partial charge in [0.1, 0.15) is 11.6 Å². The number of nitrogens with zero attached hydrogens (tertiary/aromatic N) is 5. The number of hydrogen-bond acceptors (Lipinski definition) is 4.